The topological polar surface area (TPSA) is 161 Å². The van der Waals surface area contributed by atoms with E-state index in [1.807, 2.05) is 13.8 Å². The smallest absolute Gasteiger partial charge is 0.244 e. The summed E-state index contributed by atoms with van der Waals surface area (Å²) in [6.07, 6.45) is 6.02. The molecule has 1 aliphatic rings. The molecule has 0 aliphatic carbocycles. The van der Waals surface area contributed by atoms with E-state index < -0.39 is 15.9 Å². The van der Waals surface area contributed by atoms with Crippen molar-refractivity contribution in [2.75, 3.05) is 24.7 Å². The Hall–Kier alpha value is -4.78. The van der Waals surface area contributed by atoms with Crippen molar-refractivity contribution in [3.05, 3.63) is 76.5 Å². The number of rotatable bonds is 8. The quantitative estimate of drug-likeness (QED) is 0.395. The number of benzene rings is 2. The van der Waals surface area contributed by atoms with E-state index in [0.29, 0.717) is 41.1 Å². The summed E-state index contributed by atoms with van der Waals surface area (Å²) in [7, 11) is -3.31. The lowest BCUT2D eigenvalue weighted by atomic mass is 10.1. The summed E-state index contributed by atoms with van der Waals surface area (Å²) in [5.74, 6) is 0.539. The summed E-state index contributed by atoms with van der Waals surface area (Å²) in [5, 5.41) is 24.2. The molecule has 2 heterocycles. The van der Waals surface area contributed by atoms with Crippen LogP contribution in [0.4, 0.5) is 11.6 Å². The summed E-state index contributed by atoms with van der Waals surface area (Å²) >= 11 is 0. The number of hydrogen-bond acceptors (Lipinski definition) is 9. The second-order valence-corrected chi connectivity index (χ2v) is 11.4. The van der Waals surface area contributed by atoms with Crippen molar-refractivity contribution in [1.82, 2.24) is 19.6 Å². The standard InChI is InChI=1S/C28H27N7O4S/c1-18-12-21(15-30)13-19(2)26(18)39-27-22(6-9-25(36)32-24-10-11-35(17-24)40(3,37)38)16-31-28(34-27)33-23-7-4-20(14-29)5-8-23/h4-9,12-13,16,24H,10-11,17H2,1-3H3,(H,32,36)(H,31,33,34)/b9-6+. The molecule has 1 unspecified atom stereocenters. The first-order valence-electron chi connectivity index (χ1n) is 12.3. The molecule has 1 aliphatic heterocycles. The number of nitrogens with one attached hydrogen (secondary N) is 2. The van der Waals surface area contributed by atoms with Crippen LogP contribution in [0.3, 0.4) is 0 Å². The van der Waals surface area contributed by atoms with E-state index in [-0.39, 0.29) is 24.4 Å². The molecule has 2 aromatic carbocycles. The van der Waals surface area contributed by atoms with Gasteiger partial charge in [0.15, 0.2) is 0 Å². The summed E-state index contributed by atoms with van der Waals surface area (Å²) < 4.78 is 31.1. The highest BCUT2D eigenvalue weighted by molar-refractivity contribution is 7.88. The number of aromatic nitrogens is 2. The number of anilines is 2. The fourth-order valence-electron chi connectivity index (χ4n) is 4.22. The van der Waals surface area contributed by atoms with E-state index in [9.17, 15) is 18.5 Å². The minimum atomic E-state index is -3.31. The number of nitriles is 2. The van der Waals surface area contributed by atoms with Crippen LogP contribution < -0.4 is 15.4 Å². The van der Waals surface area contributed by atoms with Gasteiger partial charge in [0.1, 0.15) is 5.75 Å². The average Bonchev–Trinajstić information content (AvgIpc) is 3.39. The van der Waals surface area contributed by atoms with Crippen LogP contribution in [-0.2, 0) is 14.8 Å². The molecule has 11 nitrogen and oxygen atoms in total. The van der Waals surface area contributed by atoms with Gasteiger partial charge in [0.05, 0.1) is 35.1 Å². The Bertz CT molecular complexity index is 1630. The number of amides is 1. The van der Waals surface area contributed by atoms with Crippen LogP contribution in [0.25, 0.3) is 6.08 Å². The summed E-state index contributed by atoms with van der Waals surface area (Å²) in [6, 6.07) is 14.1. The molecule has 1 atom stereocenters. The lowest BCUT2D eigenvalue weighted by Crippen LogP contribution is -2.37. The van der Waals surface area contributed by atoms with Gasteiger partial charge < -0.3 is 15.4 Å². The van der Waals surface area contributed by atoms with Crippen molar-refractivity contribution < 1.29 is 17.9 Å². The van der Waals surface area contributed by atoms with E-state index >= 15 is 0 Å². The van der Waals surface area contributed by atoms with Crippen LogP contribution >= 0.6 is 0 Å². The normalized spacial score (nSPS) is 15.4. The van der Waals surface area contributed by atoms with Crippen molar-refractivity contribution in [2.45, 2.75) is 26.3 Å². The molecular formula is C28H27N7O4S. The van der Waals surface area contributed by atoms with Gasteiger partial charge in [-0.15, -0.1) is 0 Å². The molecular weight excluding hydrogens is 530 g/mol. The number of nitrogens with zero attached hydrogens (tertiary/aromatic N) is 5. The zero-order valence-electron chi connectivity index (χ0n) is 22.2. The van der Waals surface area contributed by atoms with Crippen molar-refractivity contribution in [3.8, 4) is 23.8 Å². The van der Waals surface area contributed by atoms with Gasteiger partial charge in [0, 0.05) is 37.1 Å². The third kappa shape index (κ3) is 6.99. The van der Waals surface area contributed by atoms with Gasteiger partial charge in [-0.05, 0) is 73.9 Å². The first-order valence-corrected chi connectivity index (χ1v) is 14.2. The van der Waals surface area contributed by atoms with Crippen LogP contribution in [-0.4, -0.2) is 54.0 Å². The molecule has 0 radical (unpaired) electrons. The number of aryl methyl sites for hydroxylation is 2. The van der Waals surface area contributed by atoms with E-state index in [2.05, 4.69) is 32.7 Å². The summed E-state index contributed by atoms with van der Waals surface area (Å²) in [6.45, 7) is 4.23. The Labute approximate surface area is 232 Å². The van der Waals surface area contributed by atoms with Crippen molar-refractivity contribution in [1.29, 1.82) is 10.5 Å². The van der Waals surface area contributed by atoms with Crippen molar-refractivity contribution >= 4 is 33.6 Å². The highest BCUT2D eigenvalue weighted by Crippen LogP contribution is 2.32. The Balaban J connectivity index is 1.59. The van der Waals surface area contributed by atoms with Gasteiger partial charge in [0.2, 0.25) is 27.8 Å². The van der Waals surface area contributed by atoms with Crippen molar-refractivity contribution in [2.24, 2.45) is 0 Å². The fraction of sp³-hybridized carbons (Fsp3) is 0.250. The Morgan fingerprint density at radius 1 is 1.12 bits per heavy atom. The monoisotopic (exact) mass is 557 g/mol. The zero-order valence-corrected chi connectivity index (χ0v) is 23.0. The van der Waals surface area contributed by atoms with E-state index in [1.54, 1.807) is 36.4 Å². The predicted molar refractivity (Wildman–Crippen MR) is 149 cm³/mol. The highest BCUT2D eigenvalue weighted by Gasteiger charge is 2.29. The van der Waals surface area contributed by atoms with Gasteiger partial charge in [-0.2, -0.15) is 15.5 Å². The first kappa shape index (κ1) is 28.2. The maximum absolute atomic E-state index is 12.6. The number of carbonyl (C=O) groups excluding carboxylic acids is 1. The number of sulfonamides is 1. The Morgan fingerprint density at radius 2 is 1.80 bits per heavy atom. The Morgan fingerprint density at radius 3 is 2.40 bits per heavy atom. The van der Waals surface area contributed by atoms with Gasteiger partial charge in [-0.25, -0.2) is 17.7 Å². The van der Waals surface area contributed by atoms with Crippen LogP contribution in [0, 0.1) is 36.5 Å². The largest absolute Gasteiger partial charge is 0.438 e. The van der Waals surface area contributed by atoms with Gasteiger partial charge in [-0.3, -0.25) is 4.79 Å². The molecule has 1 fully saturated rings. The highest BCUT2D eigenvalue weighted by atomic mass is 32.2. The number of hydrogen-bond donors (Lipinski definition) is 2. The number of carbonyl (C=O) groups is 1. The molecule has 1 amide bonds. The van der Waals surface area contributed by atoms with Crippen LogP contribution in [0.5, 0.6) is 11.6 Å². The molecule has 12 heteroatoms. The van der Waals surface area contributed by atoms with Crippen LogP contribution in [0.15, 0.2) is 48.7 Å². The zero-order chi connectivity index (χ0) is 28.9. The molecule has 3 aromatic rings. The molecule has 2 N–H and O–H groups in total. The predicted octanol–water partition coefficient (Wildman–Crippen LogP) is 3.54. The lowest BCUT2D eigenvalue weighted by Gasteiger charge is -2.15. The van der Waals surface area contributed by atoms with Gasteiger partial charge in [-0.1, -0.05) is 0 Å². The molecule has 0 bridgehead atoms. The maximum atomic E-state index is 12.6. The molecule has 0 spiro atoms. The van der Waals surface area contributed by atoms with Gasteiger partial charge in [0.25, 0.3) is 0 Å². The second kappa shape index (κ2) is 11.9. The lowest BCUT2D eigenvalue weighted by molar-refractivity contribution is -0.117. The second-order valence-electron chi connectivity index (χ2n) is 9.37. The molecule has 1 saturated heterocycles. The van der Waals surface area contributed by atoms with Gasteiger partial charge >= 0.3 is 0 Å². The number of ether oxygens (including phenoxy) is 1. The molecule has 204 valence electrons. The molecule has 0 saturated carbocycles. The van der Waals surface area contributed by atoms with E-state index in [1.165, 1.54) is 22.7 Å². The van der Waals surface area contributed by atoms with Crippen LogP contribution in [0.2, 0.25) is 0 Å². The molecule has 4 rings (SSSR count). The SMILES string of the molecule is Cc1cc(C#N)cc(C)c1Oc1nc(Nc2ccc(C#N)cc2)ncc1/C=C/C(=O)NC1CCN(S(C)(=O)=O)C1. The minimum Gasteiger partial charge on any atom is -0.438 e. The van der Waals surface area contributed by atoms with Crippen molar-refractivity contribution in [3.63, 3.8) is 0 Å². The summed E-state index contributed by atoms with van der Waals surface area (Å²) in [5.41, 5.74) is 3.59. The molecule has 1 aromatic heterocycles. The molecule has 40 heavy (non-hydrogen) atoms. The minimum absolute atomic E-state index is 0.176. The first-order chi connectivity index (χ1) is 19.0. The maximum Gasteiger partial charge on any atom is 0.244 e. The third-order valence-electron chi connectivity index (χ3n) is 6.22. The third-order valence-corrected chi connectivity index (χ3v) is 7.49. The summed E-state index contributed by atoms with van der Waals surface area (Å²) in [4.78, 5) is 21.5. The van der Waals surface area contributed by atoms with Crippen LogP contribution in [0.1, 0.15) is 34.2 Å². The van der Waals surface area contributed by atoms with E-state index in [0.717, 1.165) is 17.4 Å². The average molecular weight is 558 g/mol. The Kier molecular flexibility index (Phi) is 8.43. The fourth-order valence-corrected chi connectivity index (χ4v) is 5.11. The van der Waals surface area contributed by atoms with E-state index in [4.69, 9.17) is 10.00 Å².